The van der Waals surface area contributed by atoms with E-state index in [9.17, 15) is 14.6 Å². The molecule has 0 amide bonds. The summed E-state index contributed by atoms with van der Waals surface area (Å²) in [5.41, 5.74) is -0.132. The average Bonchev–Trinajstić information content (AvgIpc) is 2.28. The van der Waals surface area contributed by atoms with Crippen molar-refractivity contribution in [2.75, 3.05) is 7.11 Å². The van der Waals surface area contributed by atoms with E-state index in [0.717, 1.165) is 6.07 Å². The lowest BCUT2D eigenvalue weighted by Gasteiger charge is -2.18. The number of hydrogen-bond acceptors (Lipinski definition) is 4. The van der Waals surface area contributed by atoms with Crippen molar-refractivity contribution in [1.82, 2.24) is 0 Å². The van der Waals surface area contributed by atoms with Crippen LogP contribution in [0.5, 0.6) is 5.75 Å². The summed E-state index contributed by atoms with van der Waals surface area (Å²) in [6.07, 6.45) is -3.09. The Hall–Kier alpha value is -1.64. The number of halogens is 1. The first-order valence-electron chi connectivity index (χ1n) is 4.67. The first kappa shape index (κ1) is 12.4. The van der Waals surface area contributed by atoms with E-state index in [1.165, 1.54) is 19.2 Å². The van der Waals surface area contributed by atoms with Crippen LogP contribution < -0.4 is 4.74 Å². The molecule has 0 spiro atoms. The third-order valence-corrected chi connectivity index (χ3v) is 2.19. The molecule has 2 N–H and O–H groups in total. The third-order valence-electron chi connectivity index (χ3n) is 2.19. The van der Waals surface area contributed by atoms with Gasteiger partial charge < -0.3 is 14.9 Å². The second-order valence-corrected chi connectivity index (χ2v) is 3.23. The Bertz CT molecular complexity index is 403. The van der Waals surface area contributed by atoms with E-state index in [1.54, 1.807) is 6.07 Å². The van der Waals surface area contributed by atoms with Gasteiger partial charge in [0.1, 0.15) is 17.7 Å². The molecule has 0 aliphatic heterocycles. The van der Waals surface area contributed by atoms with Crippen molar-refractivity contribution >= 4 is 0 Å². The van der Waals surface area contributed by atoms with Crippen LogP contribution in [0.4, 0.5) is 4.39 Å². The van der Waals surface area contributed by atoms with Crippen molar-refractivity contribution in [3.05, 3.63) is 29.6 Å². The summed E-state index contributed by atoms with van der Waals surface area (Å²) < 4.78 is 18.3. The van der Waals surface area contributed by atoms with E-state index in [0.29, 0.717) is 0 Å². The highest BCUT2D eigenvalue weighted by Crippen LogP contribution is 2.30. The standard InChI is InChI=1S/C11H12FNO3/c1-16-9-4-2-3-7(12)10(9)11(15)8(14)5-6-13/h2-4,8,11,14-15H,5H2,1H3. The zero-order valence-electron chi connectivity index (χ0n) is 8.72. The molecule has 0 fully saturated rings. The minimum absolute atomic E-state index is 0.132. The van der Waals surface area contributed by atoms with Crippen molar-refractivity contribution in [1.29, 1.82) is 5.26 Å². The number of nitriles is 1. The van der Waals surface area contributed by atoms with Gasteiger partial charge in [0, 0.05) is 0 Å². The second kappa shape index (κ2) is 5.45. The van der Waals surface area contributed by atoms with Crippen LogP contribution in [0.3, 0.4) is 0 Å². The Morgan fingerprint density at radius 3 is 2.75 bits per heavy atom. The van der Waals surface area contributed by atoms with Gasteiger partial charge in [-0.1, -0.05) is 6.07 Å². The highest BCUT2D eigenvalue weighted by molar-refractivity contribution is 5.37. The quantitative estimate of drug-likeness (QED) is 0.805. The first-order valence-corrected chi connectivity index (χ1v) is 4.67. The molecule has 5 heteroatoms. The molecule has 0 aromatic heterocycles. The zero-order chi connectivity index (χ0) is 12.1. The summed E-state index contributed by atoms with van der Waals surface area (Å²) in [7, 11) is 1.33. The lowest BCUT2D eigenvalue weighted by Crippen LogP contribution is -2.19. The zero-order valence-corrected chi connectivity index (χ0v) is 8.72. The molecule has 2 atom stereocenters. The fraction of sp³-hybridized carbons (Fsp3) is 0.364. The average molecular weight is 225 g/mol. The van der Waals surface area contributed by atoms with Gasteiger partial charge in [0.15, 0.2) is 0 Å². The van der Waals surface area contributed by atoms with E-state index in [4.69, 9.17) is 10.00 Å². The van der Waals surface area contributed by atoms with Gasteiger partial charge in [-0.05, 0) is 12.1 Å². The number of nitrogens with zero attached hydrogens (tertiary/aromatic N) is 1. The maximum Gasteiger partial charge on any atom is 0.132 e. The lowest BCUT2D eigenvalue weighted by molar-refractivity contribution is 0.0180. The number of methoxy groups -OCH3 is 1. The number of hydrogen-bond donors (Lipinski definition) is 2. The predicted molar refractivity (Wildman–Crippen MR) is 54.1 cm³/mol. The van der Waals surface area contributed by atoms with Crippen molar-refractivity contribution in [2.45, 2.75) is 18.6 Å². The molecule has 0 heterocycles. The number of rotatable bonds is 4. The fourth-order valence-corrected chi connectivity index (χ4v) is 1.38. The predicted octanol–water partition coefficient (Wildman–Crippen LogP) is 1.14. The highest BCUT2D eigenvalue weighted by atomic mass is 19.1. The molecule has 0 aliphatic rings. The van der Waals surface area contributed by atoms with Gasteiger partial charge in [-0.25, -0.2) is 4.39 Å². The maximum absolute atomic E-state index is 13.5. The molecular weight excluding hydrogens is 213 g/mol. The summed E-state index contributed by atoms with van der Waals surface area (Å²) in [4.78, 5) is 0. The van der Waals surface area contributed by atoms with E-state index in [2.05, 4.69) is 0 Å². The van der Waals surface area contributed by atoms with E-state index >= 15 is 0 Å². The van der Waals surface area contributed by atoms with E-state index < -0.39 is 18.0 Å². The van der Waals surface area contributed by atoms with Crippen LogP contribution in [0.2, 0.25) is 0 Å². The molecule has 0 radical (unpaired) electrons. The summed E-state index contributed by atoms with van der Waals surface area (Å²) in [6.45, 7) is 0. The van der Waals surface area contributed by atoms with Gasteiger partial charge in [0.2, 0.25) is 0 Å². The van der Waals surface area contributed by atoms with Gasteiger partial charge in [0.05, 0.1) is 31.3 Å². The largest absolute Gasteiger partial charge is 0.496 e. The molecule has 0 saturated heterocycles. The van der Waals surface area contributed by atoms with Crippen molar-refractivity contribution in [3.63, 3.8) is 0 Å². The van der Waals surface area contributed by atoms with Crippen LogP contribution in [-0.4, -0.2) is 23.4 Å². The van der Waals surface area contributed by atoms with Gasteiger partial charge in [-0.3, -0.25) is 0 Å². The normalized spacial score (nSPS) is 13.9. The smallest absolute Gasteiger partial charge is 0.132 e. The Kier molecular flexibility index (Phi) is 4.23. The molecule has 4 nitrogen and oxygen atoms in total. The summed E-state index contributed by atoms with van der Waals surface area (Å²) in [5.74, 6) is -0.534. The summed E-state index contributed by atoms with van der Waals surface area (Å²) >= 11 is 0. The SMILES string of the molecule is COc1cccc(F)c1C(O)C(O)CC#N. The molecule has 1 rings (SSSR count). The monoisotopic (exact) mass is 225 g/mol. The number of aliphatic hydroxyl groups is 2. The number of ether oxygens (including phenoxy) is 1. The van der Waals surface area contributed by atoms with Gasteiger partial charge in [-0.15, -0.1) is 0 Å². The molecule has 1 aromatic rings. The minimum Gasteiger partial charge on any atom is -0.496 e. The van der Waals surface area contributed by atoms with Gasteiger partial charge in [-0.2, -0.15) is 5.26 Å². The highest BCUT2D eigenvalue weighted by Gasteiger charge is 2.24. The molecule has 16 heavy (non-hydrogen) atoms. The topological polar surface area (TPSA) is 73.5 Å². The van der Waals surface area contributed by atoms with Crippen molar-refractivity contribution < 1.29 is 19.3 Å². The summed E-state index contributed by atoms with van der Waals surface area (Å²) in [6, 6.07) is 5.76. The van der Waals surface area contributed by atoms with Gasteiger partial charge >= 0.3 is 0 Å². The van der Waals surface area contributed by atoms with Crippen LogP contribution in [0.1, 0.15) is 18.1 Å². The molecule has 1 aromatic carbocycles. The minimum atomic E-state index is -1.48. The van der Waals surface area contributed by atoms with Crippen LogP contribution in [0.15, 0.2) is 18.2 Å². The van der Waals surface area contributed by atoms with Crippen molar-refractivity contribution in [3.8, 4) is 11.8 Å². The Morgan fingerprint density at radius 1 is 1.50 bits per heavy atom. The van der Waals surface area contributed by atoms with Crippen LogP contribution in [0.25, 0.3) is 0 Å². The summed E-state index contributed by atoms with van der Waals surface area (Å²) in [5, 5.41) is 27.5. The Morgan fingerprint density at radius 2 is 2.19 bits per heavy atom. The molecule has 2 unspecified atom stereocenters. The van der Waals surface area contributed by atoms with Crippen LogP contribution >= 0.6 is 0 Å². The van der Waals surface area contributed by atoms with Crippen LogP contribution in [-0.2, 0) is 0 Å². The van der Waals surface area contributed by atoms with Crippen molar-refractivity contribution in [2.24, 2.45) is 0 Å². The fourth-order valence-electron chi connectivity index (χ4n) is 1.38. The third kappa shape index (κ3) is 2.48. The van der Waals surface area contributed by atoms with E-state index in [1.807, 2.05) is 0 Å². The molecule has 86 valence electrons. The molecule has 0 aliphatic carbocycles. The maximum atomic E-state index is 13.5. The second-order valence-electron chi connectivity index (χ2n) is 3.23. The first-order chi connectivity index (χ1) is 7.61. The molecule has 0 bridgehead atoms. The molecular formula is C11H12FNO3. The lowest BCUT2D eigenvalue weighted by atomic mass is 10.0. The number of benzene rings is 1. The van der Waals surface area contributed by atoms with Crippen LogP contribution in [0, 0.1) is 17.1 Å². The Balaban J connectivity index is 3.07. The Labute approximate surface area is 92.5 Å². The number of aliphatic hydroxyl groups excluding tert-OH is 2. The van der Waals surface area contributed by atoms with E-state index in [-0.39, 0.29) is 17.7 Å². The van der Waals surface area contributed by atoms with Gasteiger partial charge in [0.25, 0.3) is 0 Å². The molecule has 0 saturated carbocycles.